The van der Waals surface area contributed by atoms with Crippen molar-refractivity contribution in [3.05, 3.63) is 81.1 Å². The van der Waals surface area contributed by atoms with Gasteiger partial charge in [0.05, 0.1) is 11.5 Å². The van der Waals surface area contributed by atoms with Gasteiger partial charge in [-0.1, -0.05) is 53.7 Å². The van der Waals surface area contributed by atoms with E-state index in [0.29, 0.717) is 21.6 Å². The van der Waals surface area contributed by atoms with Crippen LogP contribution in [-0.2, 0) is 15.3 Å². The Kier molecular flexibility index (Phi) is 5.87. The van der Waals surface area contributed by atoms with Gasteiger partial charge < -0.3 is 15.6 Å². The standard InChI is InChI=1S/C21H17ClN4O3S/c22-13-6-8-14(9-7-13)23-19(28)15-10-16(27)24-18-17(15)20(29)26-21(25-18)30-11-12-4-2-1-3-5-12/h1-9,15H,10-11H2,(H,23,28)(H2,24,25,26,27,29)/t15-/m1/s1. The number of halogens is 1. The second kappa shape index (κ2) is 8.73. The topological polar surface area (TPSA) is 104 Å². The van der Waals surface area contributed by atoms with Crippen molar-refractivity contribution in [2.24, 2.45) is 0 Å². The average Bonchev–Trinajstić information content (AvgIpc) is 2.73. The van der Waals surface area contributed by atoms with Gasteiger partial charge in [-0.2, -0.15) is 0 Å². The first-order valence-corrected chi connectivity index (χ1v) is 10.5. The molecule has 3 aromatic rings. The maximum absolute atomic E-state index is 12.8. The van der Waals surface area contributed by atoms with Crippen LogP contribution in [0, 0.1) is 0 Å². The lowest BCUT2D eigenvalue weighted by Gasteiger charge is -2.23. The quantitative estimate of drug-likeness (QED) is 0.413. The third-order valence-corrected chi connectivity index (χ3v) is 5.77. The second-order valence-electron chi connectivity index (χ2n) is 6.71. The molecular weight excluding hydrogens is 424 g/mol. The zero-order chi connectivity index (χ0) is 21.1. The summed E-state index contributed by atoms with van der Waals surface area (Å²) < 4.78 is 0. The summed E-state index contributed by atoms with van der Waals surface area (Å²) in [5.74, 6) is -1.02. The normalized spacial score (nSPS) is 15.2. The number of hydrogen-bond acceptors (Lipinski definition) is 5. The molecule has 1 atom stereocenters. The highest BCUT2D eigenvalue weighted by Gasteiger charge is 2.34. The lowest BCUT2D eigenvalue weighted by molar-refractivity contribution is -0.123. The fourth-order valence-corrected chi connectivity index (χ4v) is 4.07. The molecule has 1 aliphatic rings. The van der Waals surface area contributed by atoms with E-state index in [1.807, 2.05) is 30.3 Å². The third-order valence-electron chi connectivity index (χ3n) is 4.58. The molecule has 2 heterocycles. The summed E-state index contributed by atoms with van der Waals surface area (Å²) in [4.78, 5) is 44.8. The molecule has 0 unspecified atom stereocenters. The molecule has 0 radical (unpaired) electrons. The Morgan fingerprint density at radius 3 is 2.60 bits per heavy atom. The highest BCUT2D eigenvalue weighted by molar-refractivity contribution is 7.98. The predicted octanol–water partition coefficient (Wildman–Crippen LogP) is 3.78. The van der Waals surface area contributed by atoms with Crippen LogP contribution in [0.2, 0.25) is 5.02 Å². The van der Waals surface area contributed by atoms with Gasteiger partial charge in [0.15, 0.2) is 5.16 Å². The maximum atomic E-state index is 12.8. The minimum absolute atomic E-state index is 0.127. The number of nitrogens with one attached hydrogen (secondary N) is 3. The molecule has 9 heteroatoms. The molecule has 0 fully saturated rings. The SMILES string of the molecule is O=C1C[C@@H](C(=O)Nc2ccc(Cl)cc2)c2c(nc(SCc3ccccc3)[nH]c2=O)N1. The van der Waals surface area contributed by atoms with Gasteiger partial charge in [-0.15, -0.1) is 0 Å². The number of fused-ring (bicyclic) bond motifs is 1. The number of H-pyrrole nitrogens is 1. The minimum Gasteiger partial charge on any atom is -0.326 e. The molecule has 152 valence electrons. The molecule has 30 heavy (non-hydrogen) atoms. The van der Waals surface area contributed by atoms with Gasteiger partial charge >= 0.3 is 0 Å². The van der Waals surface area contributed by atoms with Crippen molar-refractivity contribution in [3.8, 4) is 0 Å². The fraction of sp³-hybridized carbons (Fsp3) is 0.143. The van der Waals surface area contributed by atoms with Crippen molar-refractivity contribution < 1.29 is 9.59 Å². The van der Waals surface area contributed by atoms with Crippen LogP contribution in [0.4, 0.5) is 11.5 Å². The summed E-state index contributed by atoms with van der Waals surface area (Å²) >= 11 is 7.21. The molecular formula is C21H17ClN4O3S. The number of anilines is 2. The molecule has 4 rings (SSSR count). The van der Waals surface area contributed by atoms with Crippen LogP contribution in [0.3, 0.4) is 0 Å². The van der Waals surface area contributed by atoms with Crippen molar-refractivity contribution in [2.45, 2.75) is 23.2 Å². The van der Waals surface area contributed by atoms with Gasteiger partial charge in [0.2, 0.25) is 11.8 Å². The van der Waals surface area contributed by atoms with E-state index in [1.54, 1.807) is 24.3 Å². The summed E-state index contributed by atoms with van der Waals surface area (Å²) in [6.45, 7) is 0. The molecule has 0 spiro atoms. The zero-order valence-corrected chi connectivity index (χ0v) is 17.2. The lowest BCUT2D eigenvalue weighted by Crippen LogP contribution is -2.36. The zero-order valence-electron chi connectivity index (χ0n) is 15.6. The van der Waals surface area contributed by atoms with Gasteiger partial charge in [0.1, 0.15) is 5.82 Å². The summed E-state index contributed by atoms with van der Waals surface area (Å²) in [6, 6.07) is 16.3. The van der Waals surface area contributed by atoms with E-state index in [2.05, 4.69) is 20.6 Å². The number of amides is 2. The highest BCUT2D eigenvalue weighted by atomic mass is 35.5. The number of carbonyl (C=O) groups excluding carboxylic acids is 2. The Labute approximate surface area is 181 Å². The molecule has 0 saturated heterocycles. The minimum atomic E-state index is -0.936. The van der Waals surface area contributed by atoms with Gasteiger partial charge in [0, 0.05) is 22.9 Å². The van der Waals surface area contributed by atoms with Crippen LogP contribution in [0.15, 0.2) is 64.5 Å². The Morgan fingerprint density at radius 2 is 1.87 bits per heavy atom. The van der Waals surface area contributed by atoms with Gasteiger partial charge in [-0.05, 0) is 29.8 Å². The Morgan fingerprint density at radius 1 is 1.13 bits per heavy atom. The number of aromatic nitrogens is 2. The van der Waals surface area contributed by atoms with Crippen LogP contribution in [-0.4, -0.2) is 21.8 Å². The number of hydrogen-bond donors (Lipinski definition) is 3. The predicted molar refractivity (Wildman–Crippen MR) is 117 cm³/mol. The van der Waals surface area contributed by atoms with Crippen molar-refractivity contribution >= 4 is 46.7 Å². The second-order valence-corrected chi connectivity index (χ2v) is 8.11. The van der Waals surface area contributed by atoms with E-state index in [9.17, 15) is 14.4 Å². The van der Waals surface area contributed by atoms with Crippen molar-refractivity contribution in [1.82, 2.24) is 9.97 Å². The van der Waals surface area contributed by atoms with Gasteiger partial charge in [-0.3, -0.25) is 14.4 Å². The van der Waals surface area contributed by atoms with Crippen LogP contribution in [0.25, 0.3) is 0 Å². The molecule has 3 N–H and O–H groups in total. The van der Waals surface area contributed by atoms with Crippen molar-refractivity contribution in [3.63, 3.8) is 0 Å². The summed E-state index contributed by atoms with van der Waals surface area (Å²) in [5, 5.41) is 6.26. The van der Waals surface area contributed by atoms with Gasteiger partial charge in [-0.25, -0.2) is 4.98 Å². The average molecular weight is 441 g/mol. The summed E-state index contributed by atoms with van der Waals surface area (Å²) in [6.07, 6.45) is -0.131. The first kappa shape index (κ1) is 20.2. The smallest absolute Gasteiger partial charge is 0.257 e. The lowest BCUT2D eigenvalue weighted by atomic mass is 9.92. The van der Waals surface area contributed by atoms with E-state index in [4.69, 9.17) is 11.6 Å². The summed E-state index contributed by atoms with van der Waals surface area (Å²) in [7, 11) is 0. The van der Waals surface area contributed by atoms with Gasteiger partial charge in [0.25, 0.3) is 5.56 Å². The maximum Gasteiger partial charge on any atom is 0.257 e. The number of benzene rings is 2. The highest BCUT2D eigenvalue weighted by Crippen LogP contribution is 2.31. The van der Waals surface area contributed by atoms with Crippen LogP contribution < -0.4 is 16.2 Å². The Bertz CT molecular complexity index is 1150. The monoisotopic (exact) mass is 440 g/mol. The van der Waals surface area contributed by atoms with E-state index in [0.717, 1.165) is 5.56 Å². The molecule has 0 aliphatic carbocycles. The number of nitrogens with zero attached hydrogens (tertiary/aromatic N) is 1. The number of aromatic amines is 1. The Hall–Kier alpha value is -3.10. The Balaban J connectivity index is 1.57. The molecule has 1 aromatic heterocycles. The fourth-order valence-electron chi connectivity index (χ4n) is 3.13. The van der Waals surface area contributed by atoms with Crippen LogP contribution >= 0.6 is 23.4 Å². The van der Waals surface area contributed by atoms with Crippen molar-refractivity contribution in [2.75, 3.05) is 10.6 Å². The third kappa shape index (κ3) is 4.55. The van der Waals surface area contributed by atoms with Crippen LogP contribution in [0.1, 0.15) is 23.5 Å². The number of thioether (sulfide) groups is 1. The largest absolute Gasteiger partial charge is 0.326 e. The van der Waals surface area contributed by atoms with Crippen LogP contribution in [0.5, 0.6) is 0 Å². The van der Waals surface area contributed by atoms with Crippen molar-refractivity contribution in [1.29, 1.82) is 0 Å². The van der Waals surface area contributed by atoms with E-state index in [1.165, 1.54) is 11.8 Å². The van der Waals surface area contributed by atoms with E-state index >= 15 is 0 Å². The molecule has 1 aliphatic heterocycles. The molecule has 2 amide bonds. The van der Waals surface area contributed by atoms with E-state index < -0.39 is 17.4 Å². The molecule has 7 nitrogen and oxygen atoms in total. The molecule has 2 aromatic carbocycles. The molecule has 0 bridgehead atoms. The first-order valence-electron chi connectivity index (χ1n) is 9.17. The first-order chi connectivity index (χ1) is 14.5. The van der Waals surface area contributed by atoms with E-state index in [-0.39, 0.29) is 23.7 Å². The molecule has 0 saturated carbocycles. The summed E-state index contributed by atoms with van der Waals surface area (Å²) in [5.41, 5.74) is 1.32. The number of rotatable bonds is 5. The number of carbonyl (C=O) groups is 2.